The number of benzene rings is 3. The zero-order valence-electron chi connectivity index (χ0n) is 17.6. The third-order valence-electron chi connectivity index (χ3n) is 5.48. The first-order valence-electron chi connectivity index (χ1n) is 10.6. The average Bonchev–Trinajstić information content (AvgIpc) is 3.40. The Kier molecular flexibility index (Phi) is 6.48. The van der Waals surface area contributed by atoms with Crippen LogP contribution >= 0.6 is 44.1 Å². The van der Waals surface area contributed by atoms with Crippen molar-refractivity contribution < 1.29 is 0 Å². The van der Waals surface area contributed by atoms with E-state index >= 15 is 0 Å². The van der Waals surface area contributed by atoms with Crippen LogP contribution in [0.1, 0.15) is 12.0 Å². The number of halogens is 2. The Morgan fingerprint density at radius 1 is 0.970 bits per heavy atom. The molecule has 0 aliphatic carbocycles. The smallest absolute Gasteiger partial charge is 0.183 e. The van der Waals surface area contributed by atoms with Gasteiger partial charge < -0.3 is 15.3 Å². The van der Waals surface area contributed by atoms with Gasteiger partial charge in [-0.1, -0.05) is 62.2 Å². The topological polar surface area (TPSA) is 61.4 Å². The van der Waals surface area contributed by atoms with Gasteiger partial charge in [0.2, 0.25) is 0 Å². The van der Waals surface area contributed by atoms with Gasteiger partial charge >= 0.3 is 0 Å². The van der Waals surface area contributed by atoms with Crippen molar-refractivity contribution in [1.29, 1.82) is 0 Å². The molecule has 0 aliphatic rings. The molecule has 3 N–H and O–H groups in total. The standard InChI is InChI=1S/C25H21Br2N5S/c26-18-11-17(12-19(27)13-18)23-24(28-10-4-7-16-5-2-1-3-6-16)31-25(33)32(23)20-8-9-21-22(14-20)30-15-29-21/h1-3,5-6,8-9,11-15,28H,4,7,10H2,(H,29,30)(H,31,33). The lowest BCUT2D eigenvalue weighted by Crippen LogP contribution is -2.05. The monoisotopic (exact) mass is 581 g/mol. The Morgan fingerprint density at radius 2 is 1.76 bits per heavy atom. The largest absolute Gasteiger partial charge is 0.370 e. The highest BCUT2D eigenvalue weighted by molar-refractivity contribution is 9.11. The van der Waals surface area contributed by atoms with Gasteiger partial charge in [-0.05, 0) is 67.0 Å². The summed E-state index contributed by atoms with van der Waals surface area (Å²) in [7, 11) is 0. The first-order valence-corrected chi connectivity index (χ1v) is 12.6. The number of nitrogens with one attached hydrogen (secondary N) is 3. The number of nitrogens with zero attached hydrogens (tertiary/aromatic N) is 2. The van der Waals surface area contributed by atoms with Crippen LogP contribution < -0.4 is 5.32 Å². The average molecular weight is 583 g/mol. The van der Waals surface area contributed by atoms with Crippen molar-refractivity contribution in [3.05, 3.63) is 92.3 Å². The minimum atomic E-state index is 0.630. The SMILES string of the molecule is S=c1[nH]c(NCCCc2ccccc2)c(-c2cc(Br)cc(Br)c2)n1-c1ccc2nc[nH]c2c1. The molecule has 3 aromatic carbocycles. The molecule has 0 bridgehead atoms. The molecule has 0 atom stereocenters. The third kappa shape index (κ3) is 4.83. The molecule has 0 amide bonds. The summed E-state index contributed by atoms with van der Waals surface area (Å²) in [5.41, 5.74) is 6.23. The zero-order valence-corrected chi connectivity index (χ0v) is 21.6. The number of aromatic amines is 2. The van der Waals surface area contributed by atoms with E-state index in [4.69, 9.17) is 12.2 Å². The highest BCUT2D eigenvalue weighted by atomic mass is 79.9. The van der Waals surface area contributed by atoms with Crippen LogP contribution in [0.25, 0.3) is 28.0 Å². The van der Waals surface area contributed by atoms with E-state index in [1.807, 2.05) is 24.3 Å². The molecule has 0 aliphatic heterocycles. The van der Waals surface area contributed by atoms with E-state index < -0.39 is 0 Å². The van der Waals surface area contributed by atoms with E-state index in [1.54, 1.807) is 6.33 Å². The third-order valence-corrected chi connectivity index (χ3v) is 6.68. The van der Waals surface area contributed by atoms with E-state index in [0.717, 1.165) is 62.1 Å². The first-order chi connectivity index (χ1) is 16.1. The minimum Gasteiger partial charge on any atom is -0.370 e. The Labute approximate surface area is 213 Å². The molecule has 0 spiro atoms. The van der Waals surface area contributed by atoms with Crippen LogP contribution in [0.3, 0.4) is 0 Å². The number of anilines is 1. The van der Waals surface area contributed by atoms with Crippen molar-refractivity contribution in [2.45, 2.75) is 12.8 Å². The Morgan fingerprint density at radius 3 is 2.55 bits per heavy atom. The van der Waals surface area contributed by atoms with Gasteiger partial charge in [0.1, 0.15) is 5.82 Å². The van der Waals surface area contributed by atoms with Crippen LogP contribution in [0.15, 0.2) is 82.0 Å². The van der Waals surface area contributed by atoms with Crippen molar-refractivity contribution in [3.63, 3.8) is 0 Å². The van der Waals surface area contributed by atoms with Gasteiger partial charge in [0, 0.05) is 21.1 Å². The van der Waals surface area contributed by atoms with Gasteiger partial charge in [0.25, 0.3) is 0 Å². The molecule has 0 unspecified atom stereocenters. The van der Waals surface area contributed by atoms with E-state index in [2.05, 4.69) is 99.2 Å². The molecule has 5 rings (SSSR count). The summed E-state index contributed by atoms with van der Waals surface area (Å²) >= 11 is 13.0. The first kappa shape index (κ1) is 22.1. The van der Waals surface area contributed by atoms with Crippen molar-refractivity contribution in [1.82, 2.24) is 19.5 Å². The lowest BCUT2D eigenvalue weighted by atomic mass is 10.1. The van der Waals surface area contributed by atoms with Gasteiger partial charge in [0.15, 0.2) is 4.77 Å². The van der Waals surface area contributed by atoms with Crippen molar-refractivity contribution in [2.24, 2.45) is 0 Å². The molecular formula is C25H21Br2N5S. The summed E-state index contributed by atoms with van der Waals surface area (Å²) in [5, 5.41) is 3.59. The van der Waals surface area contributed by atoms with Gasteiger partial charge in [-0.25, -0.2) is 4.98 Å². The summed E-state index contributed by atoms with van der Waals surface area (Å²) in [6, 6.07) is 22.9. The van der Waals surface area contributed by atoms with E-state index in [0.29, 0.717) is 4.77 Å². The number of imidazole rings is 2. The van der Waals surface area contributed by atoms with Gasteiger partial charge in [-0.15, -0.1) is 0 Å². The highest BCUT2D eigenvalue weighted by Crippen LogP contribution is 2.35. The summed E-state index contributed by atoms with van der Waals surface area (Å²) in [6.07, 6.45) is 3.73. The molecule has 8 heteroatoms. The predicted octanol–water partition coefficient (Wildman–Crippen LogP) is 7.65. The Hall–Kier alpha value is -2.68. The van der Waals surface area contributed by atoms with E-state index in [1.165, 1.54) is 5.56 Å². The van der Waals surface area contributed by atoms with E-state index in [9.17, 15) is 0 Å². The number of fused-ring (bicyclic) bond motifs is 1. The zero-order chi connectivity index (χ0) is 22.8. The lowest BCUT2D eigenvalue weighted by molar-refractivity contribution is 0.860. The number of rotatable bonds is 7. The van der Waals surface area contributed by atoms with E-state index in [-0.39, 0.29) is 0 Å². The summed E-state index contributed by atoms with van der Waals surface area (Å²) in [4.78, 5) is 10.9. The van der Waals surface area contributed by atoms with Crippen LogP contribution in [0.4, 0.5) is 5.82 Å². The molecule has 33 heavy (non-hydrogen) atoms. The molecule has 2 heterocycles. The van der Waals surface area contributed by atoms with Crippen molar-refractivity contribution in [2.75, 3.05) is 11.9 Å². The Balaban J connectivity index is 1.52. The van der Waals surface area contributed by atoms with Crippen LogP contribution in [-0.4, -0.2) is 26.1 Å². The van der Waals surface area contributed by atoms with Crippen LogP contribution in [0.5, 0.6) is 0 Å². The second-order valence-electron chi connectivity index (χ2n) is 7.77. The normalized spacial score (nSPS) is 11.2. The molecule has 5 nitrogen and oxygen atoms in total. The molecule has 0 radical (unpaired) electrons. The summed E-state index contributed by atoms with van der Waals surface area (Å²) in [5.74, 6) is 0.905. The Bertz CT molecular complexity index is 1450. The minimum absolute atomic E-state index is 0.630. The van der Waals surface area contributed by atoms with Crippen LogP contribution in [-0.2, 0) is 6.42 Å². The second-order valence-corrected chi connectivity index (χ2v) is 9.99. The number of H-pyrrole nitrogens is 2. The summed E-state index contributed by atoms with van der Waals surface area (Å²) < 4.78 is 4.68. The fraction of sp³-hybridized carbons (Fsp3) is 0.120. The van der Waals surface area contributed by atoms with Crippen molar-refractivity contribution in [3.8, 4) is 16.9 Å². The lowest BCUT2D eigenvalue weighted by Gasteiger charge is -2.13. The van der Waals surface area contributed by atoms with Crippen molar-refractivity contribution >= 4 is 60.9 Å². The fourth-order valence-electron chi connectivity index (χ4n) is 3.99. The maximum atomic E-state index is 5.78. The molecule has 0 saturated carbocycles. The van der Waals surface area contributed by atoms with Gasteiger partial charge in [-0.3, -0.25) is 4.57 Å². The van der Waals surface area contributed by atoms with Crippen LogP contribution in [0, 0.1) is 4.77 Å². The molecule has 166 valence electrons. The summed E-state index contributed by atoms with van der Waals surface area (Å²) in [6.45, 7) is 0.825. The second kappa shape index (κ2) is 9.67. The molecule has 0 fully saturated rings. The quantitative estimate of drug-likeness (QED) is 0.136. The number of hydrogen-bond donors (Lipinski definition) is 3. The molecule has 2 aromatic heterocycles. The number of aryl methyl sites for hydroxylation is 1. The molecule has 5 aromatic rings. The molecule has 0 saturated heterocycles. The maximum absolute atomic E-state index is 5.78. The molecular weight excluding hydrogens is 562 g/mol. The van der Waals surface area contributed by atoms with Crippen LogP contribution in [0.2, 0.25) is 0 Å². The predicted molar refractivity (Wildman–Crippen MR) is 145 cm³/mol. The number of hydrogen-bond acceptors (Lipinski definition) is 3. The fourth-order valence-corrected chi connectivity index (χ4v) is 5.58. The van der Waals surface area contributed by atoms with Gasteiger partial charge in [0.05, 0.1) is 28.7 Å². The highest BCUT2D eigenvalue weighted by Gasteiger charge is 2.17. The number of aromatic nitrogens is 4. The maximum Gasteiger partial charge on any atom is 0.183 e. The van der Waals surface area contributed by atoms with Gasteiger partial charge in [-0.2, -0.15) is 0 Å².